The molecule has 0 aliphatic carbocycles. The number of aromatic nitrogens is 2. The molecule has 0 aliphatic rings. The zero-order chi connectivity index (χ0) is 10.7. The summed E-state index contributed by atoms with van der Waals surface area (Å²) < 4.78 is 1.83. The van der Waals surface area contributed by atoms with Gasteiger partial charge in [-0.25, -0.2) is 4.98 Å². The van der Waals surface area contributed by atoms with Crippen LogP contribution in [0.2, 0.25) is 0 Å². The van der Waals surface area contributed by atoms with Crippen molar-refractivity contribution in [2.45, 2.75) is 13.5 Å². The maximum Gasteiger partial charge on any atom is 0.168 e. The summed E-state index contributed by atoms with van der Waals surface area (Å²) in [7, 11) is 0. The molecule has 0 amide bonds. The molecule has 0 aliphatic heterocycles. The third kappa shape index (κ3) is 2.13. The highest BCUT2D eigenvalue weighted by Gasteiger charge is 2.00. The maximum atomic E-state index is 10.7. The molecule has 2 rings (SSSR count). The van der Waals surface area contributed by atoms with Gasteiger partial charge < -0.3 is 4.57 Å². The van der Waals surface area contributed by atoms with Crippen LogP contribution < -0.4 is 0 Å². The normalized spacial score (nSPS) is 10.2. The van der Waals surface area contributed by atoms with Crippen molar-refractivity contribution in [2.75, 3.05) is 0 Å². The van der Waals surface area contributed by atoms with Gasteiger partial charge in [-0.3, -0.25) is 4.79 Å². The number of carbonyl (C=O) groups is 1. The molecule has 76 valence electrons. The molecule has 0 N–H and O–H groups in total. The lowest BCUT2D eigenvalue weighted by Gasteiger charge is -2.04. The number of aldehydes is 1. The summed E-state index contributed by atoms with van der Waals surface area (Å²) >= 11 is 0. The van der Waals surface area contributed by atoms with Gasteiger partial charge in [0, 0.05) is 6.54 Å². The Labute approximate surface area is 88.4 Å². The lowest BCUT2D eigenvalue weighted by atomic mass is 10.1. The topological polar surface area (TPSA) is 34.9 Å². The SMILES string of the molecule is Cc1ccc(Cn2cncc2C=O)cc1. The quantitative estimate of drug-likeness (QED) is 0.711. The van der Waals surface area contributed by atoms with Crippen molar-refractivity contribution in [1.82, 2.24) is 9.55 Å². The second-order valence-electron chi connectivity index (χ2n) is 3.55. The van der Waals surface area contributed by atoms with Crippen LogP contribution in [-0.4, -0.2) is 15.8 Å². The van der Waals surface area contributed by atoms with Gasteiger partial charge in [0.15, 0.2) is 6.29 Å². The van der Waals surface area contributed by atoms with Crippen LogP contribution in [0.25, 0.3) is 0 Å². The minimum atomic E-state index is 0.607. The Balaban J connectivity index is 2.21. The van der Waals surface area contributed by atoms with E-state index in [1.165, 1.54) is 11.1 Å². The second-order valence-corrected chi connectivity index (χ2v) is 3.55. The molecule has 3 nitrogen and oxygen atoms in total. The summed E-state index contributed by atoms with van der Waals surface area (Å²) in [4.78, 5) is 14.6. The minimum Gasteiger partial charge on any atom is -0.324 e. The van der Waals surface area contributed by atoms with Gasteiger partial charge in [-0.05, 0) is 12.5 Å². The monoisotopic (exact) mass is 200 g/mol. The van der Waals surface area contributed by atoms with Crippen molar-refractivity contribution >= 4 is 6.29 Å². The van der Waals surface area contributed by atoms with E-state index in [0.717, 1.165) is 6.29 Å². The first-order chi connectivity index (χ1) is 7.29. The zero-order valence-electron chi connectivity index (χ0n) is 8.55. The summed E-state index contributed by atoms with van der Waals surface area (Å²) in [6.07, 6.45) is 4.06. The van der Waals surface area contributed by atoms with E-state index in [4.69, 9.17) is 0 Å². The first kappa shape index (κ1) is 9.65. The fraction of sp³-hybridized carbons (Fsp3) is 0.167. The molecule has 2 aromatic rings. The number of benzene rings is 1. The predicted octanol–water partition coefficient (Wildman–Crippen LogP) is 2.05. The molecular formula is C12H12N2O. The molecule has 1 aromatic carbocycles. The number of hydrogen-bond acceptors (Lipinski definition) is 2. The molecule has 1 heterocycles. The molecule has 0 spiro atoms. The Bertz CT molecular complexity index is 457. The molecule has 0 atom stereocenters. The molecule has 1 aromatic heterocycles. The average Bonchev–Trinajstić information content (AvgIpc) is 2.69. The third-order valence-corrected chi connectivity index (χ3v) is 2.34. The van der Waals surface area contributed by atoms with Crippen LogP contribution in [0, 0.1) is 6.92 Å². The van der Waals surface area contributed by atoms with Crippen LogP contribution in [0.5, 0.6) is 0 Å². The van der Waals surface area contributed by atoms with Crippen LogP contribution in [-0.2, 0) is 6.54 Å². The fourth-order valence-electron chi connectivity index (χ4n) is 1.45. The summed E-state index contributed by atoms with van der Waals surface area (Å²) in [5.41, 5.74) is 3.01. The van der Waals surface area contributed by atoms with Gasteiger partial charge in [-0.15, -0.1) is 0 Å². The van der Waals surface area contributed by atoms with Gasteiger partial charge in [0.05, 0.1) is 12.5 Å². The van der Waals surface area contributed by atoms with E-state index in [2.05, 4.69) is 36.2 Å². The van der Waals surface area contributed by atoms with Crippen molar-refractivity contribution in [3.63, 3.8) is 0 Å². The highest BCUT2D eigenvalue weighted by molar-refractivity contribution is 5.71. The van der Waals surface area contributed by atoms with Crippen LogP contribution >= 0.6 is 0 Å². The number of imidazole rings is 1. The molecule has 3 heteroatoms. The first-order valence-corrected chi connectivity index (χ1v) is 4.80. The van der Waals surface area contributed by atoms with Gasteiger partial charge in [-0.2, -0.15) is 0 Å². The van der Waals surface area contributed by atoms with Gasteiger partial charge in [0.25, 0.3) is 0 Å². The van der Waals surface area contributed by atoms with E-state index in [9.17, 15) is 4.79 Å². The highest BCUT2D eigenvalue weighted by Crippen LogP contribution is 2.06. The van der Waals surface area contributed by atoms with Crippen molar-refractivity contribution in [2.24, 2.45) is 0 Å². The molecule has 0 unspecified atom stereocenters. The molecular weight excluding hydrogens is 188 g/mol. The lowest BCUT2D eigenvalue weighted by molar-refractivity contribution is 0.111. The Morgan fingerprint density at radius 2 is 2.07 bits per heavy atom. The van der Waals surface area contributed by atoms with E-state index >= 15 is 0 Å². The number of hydrogen-bond donors (Lipinski definition) is 0. The first-order valence-electron chi connectivity index (χ1n) is 4.80. The van der Waals surface area contributed by atoms with Gasteiger partial charge in [0.1, 0.15) is 5.69 Å². The van der Waals surface area contributed by atoms with E-state index < -0.39 is 0 Å². The summed E-state index contributed by atoms with van der Waals surface area (Å²) in [5, 5.41) is 0. The van der Waals surface area contributed by atoms with Crippen molar-refractivity contribution in [3.8, 4) is 0 Å². The van der Waals surface area contributed by atoms with Gasteiger partial charge in [0.2, 0.25) is 0 Å². The van der Waals surface area contributed by atoms with E-state index in [0.29, 0.717) is 12.2 Å². The Morgan fingerprint density at radius 3 is 2.73 bits per heavy atom. The Hall–Kier alpha value is -1.90. The lowest BCUT2D eigenvalue weighted by Crippen LogP contribution is -2.02. The minimum absolute atomic E-state index is 0.607. The van der Waals surface area contributed by atoms with Gasteiger partial charge >= 0.3 is 0 Å². The van der Waals surface area contributed by atoms with Crippen LogP contribution in [0.4, 0.5) is 0 Å². The van der Waals surface area contributed by atoms with E-state index in [1.54, 1.807) is 12.5 Å². The average molecular weight is 200 g/mol. The summed E-state index contributed by atoms with van der Waals surface area (Å²) in [6, 6.07) is 8.24. The fourth-order valence-corrected chi connectivity index (χ4v) is 1.45. The molecule has 0 radical (unpaired) electrons. The molecule has 0 bridgehead atoms. The van der Waals surface area contributed by atoms with Crippen LogP contribution in [0.15, 0.2) is 36.8 Å². The number of aryl methyl sites for hydroxylation is 1. The van der Waals surface area contributed by atoms with E-state index in [1.807, 2.05) is 4.57 Å². The predicted molar refractivity (Wildman–Crippen MR) is 57.9 cm³/mol. The molecule has 0 fully saturated rings. The molecule has 0 saturated heterocycles. The third-order valence-electron chi connectivity index (χ3n) is 2.34. The molecule has 0 saturated carbocycles. The number of carbonyl (C=O) groups excluding carboxylic acids is 1. The smallest absolute Gasteiger partial charge is 0.168 e. The van der Waals surface area contributed by atoms with Crippen molar-refractivity contribution < 1.29 is 4.79 Å². The maximum absolute atomic E-state index is 10.7. The van der Waals surface area contributed by atoms with Crippen molar-refractivity contribution in [3.05, 3.63) is 53.6 Å². The Morgan fingerprint density at radius 1 is 1.33 bits per heavy atom. The second kappa shape index (κ2) is 4.09. The zero-order valence-corrected chi connectivity index (χ0v) is 8.55. The number of nitrogens with zero attached hydrogens (tertiary/aromatic N) is 2. The highest BCUT2D eigenvalue weighted by atomic mass is 16.1. The standard InChI is InChI=1S/C12H12N2O/c1-10-2-4-11(5-3-10)7-14-9-13-6-12(14)8-15/h2-6,8-9H,7H2,1H3. The summed E-state index contributed by atoms with van der Waals surface area (Å²) in [5.74, 6) is 0. The number of rotatable bonds is 3. The van der Waals surface area contributed by atoms with Crippen molar-refractivity contribution in [1.29, 1.82) is 0 Å². The summed E-state index contributed by atoms with van der Waals surface area (Å²) in [6.45, 7) is 2.74. The van der Waals surface area contributed by atoms with Gasteiger partial charge in [-0.1, -0.05) is 29.8 Å². The Kier molecular flexibility index (Phi) is 2.63. The van der Waals surface area contributed by atoms with Crippen LogP contribution in [0.3, 0.4) is 0 Å². The largest absolute Gasteiger partial charge is 0.324 e. The molecule has 15 heavy (non-hydrogen) atoms. The van der Waals surface area contributed by atoms with E-state index in [-0.39, 0.29) is 0 Å². The van der Waals surface area contributed by atoms with Crippen LogP contribution in [0.1, 0.15) is 21.6 Å².